The number of carbonyl (C=O) groups excluding carboxylic acids is 3. The fourth-order valence-corrected chi connectivity index (χ4v) is 4.27. The van der Waals surface area contributed by atoms with Crippen LogP contribution in [0, 0.1) is 13.8 Å². The summed E-state index contributed by atoms with van der Waals surface area (Å²) in [6.45, 7) is 3.65. The van der Waals surface area contributed by atoms with Gasteiger partial charge in [-0.25, -0.2) is 4.68 Å². The van der Waals surface area contributed by atoms with E-state index in [1.165, 1.54) is 4.68 Å². The Labute approximate surface area is 223 Å². The van der Waals surface area contributed by atoms with Crippen LogP contribution in [-0.4, -0.2) is 22.4 Å². The zero-order valence-corrected chi connectivity index (χ0v) is 22.5. The number of hydrogen-bond donors (Lipinski definition) is 3. The summed E-state index contributed by atoms with van der Waals surface area (Å²) >= 11 is 13.0. The number of carbonyl (C=O) groups is 3. The summed E-state index contributed by atoms with van der Waals surface area (Å²) < 4.78 is 3.02. The zero-order valence-electron chi connectivity index (χ0n) is 18.6. The molecule has 35 heavy (non-hydrogen) atoms. The highest BCUT2D eigenvalue weighted by Gasteiger charge is 2.22. The molecule has 0 bridgehead atoms. The van der Waals surface area contributed by atoms with E-state index < -0.39 is 17.7 Å². The third kappa shape index (κ3) is 5.42. The van der Waals surface area contributed by atoms with Gasteiger partial charge in [0.15, 0.2) is 0 Å². The molecule has 3 aromatic carbocycles. The summed E-state index contributed by atoms with van der Waals surface area (Å²) in [5, 5.41) is 6.56. The second-order valence-electron chi connectivity index (χ2n) is 7.79. The summed E-state index contributed by atoms with van der Waals surface area (Å²) in [6.07, 6.45) is 0. The number of amides is 3. The number of rotatable bonds is 4. The summed E-state index contributed by atoms with van der Waals surface area (Å²) in [7, 11) is 0. The number of fused-ring (bicyclic) bond motifs is 1. The van der Waals surface area contributed by atoms with Gasteiger partial charge in [0.25, 0.3) is 5.91 Å². The van der Waals surface area contributed by atoms with E-state index in [0.717, 1.165) is 14.5 Å². The summed E-state index contributed by atoms with van der Waals surface area (Å²) in [6, 6.07) is 17.4. The third-order valence-electron chi connectivity index (χ3n) is 5.35. The van der Waals surface area contributed by atoms with E-state index in [4.69, 9.17) is 11.6 Å². The van der Waals surface area contributed by atoms with Crippen molar-refractivity contribution in [1.82, 2.24) is 4.68 Å². The predicted octanol–water partition coefficient (Wildman–Crippen LogP) is 6.40. The molecule has 4 aromatic rings. The molecule has 0 saturated carbocycles. The van der Waals surface area contributed by atoms with Crippen LogP contribution in [-0.2, 0) is 9.59 Å². The van der Waals surface area contributed by atoms with Crippen molar-refractivity contribution in [2.45, 2.75) is 13.8 Å². The van der Waals surface area contributed by atoms with Crippen LogP contribution in [0.4, 0.5) is 11.4 Å². The second kappa shape index (κ2) is 10.2. The molecule has 0 unspecified atom stereocenters. The molecular weight excluding hydrogens is 600 g/mol. The Morgan fingerprint density at radius 1 is 0.886 bits per heavy atom. The summed E-state index contributed by atoms with van der Waals surface area (Å²) in [5.41, 5.74) is 5.84. The average molecular weight is 619 g/mol. The van der Waals surface area contributed by atoms with Crippen LogP contribution in [0.2, 0.25) is 5.02 Å². The van der Waals surface area contributed by atoms with Crippen molar-refractivity contribution in [3.63, 3.8) is 0 Å². The lowest BCUT2D eigenvalue weighted by Gasteiger charge is -2.14. The first-order valence-electron chi connectivity index (χ1n) is 10.4. The highest BCUT2D eigenvalue weighted by atomic mass is 79.9. The Hall–Kier alpha value is -3.14. The molecule has 3 N–H and O–H groups in total. The maximum atomic E-state index is 13.2. The van der Waals surface area contributed by atoms with E-state index in [1.807, 2.05) is 25.1 Å². The first kappa shape index (κ1) is 25.0. The van der Waals surface area contributed by atoms with Gasteiger partial charge >= 0.3 is 11.8 Å². The molecule has 0 saturated heterocycles. The number of halogens is 3. The van der Waals surface area contributed by atoms with Gasteiger partial charge in [-0.15, -0.1) is 0 Å². The van der Waals surface area contributed by atoms with Gasteiger partial charge in [-0.2, -0.15) is 0 Å². The normalized spacial score (nSPS) is 10.8. The van der Waals surface area contributed by atoms with Crippen molar-refractivity contribution in [2.24, 2.45) is 0 Å². The van der Waals surface area contributed by atoms with Crippen molar-refractivity contribution >= 4 is 83.5 Å². The minimum atomic E-state index is -0.946. The SMILES string of the molecule is Cc1cc(NC(=O)c2cc3cc(Br)ccc3n2NC(=O)C(=O)Nc2cccc(Cl)c2C)ccc1Br. The lowest BCUT2D eigenvalue weighted by molar-refractivity contribution is -0.133. The van der Waals surface area contributed by atoms with E-state index in [9.17, 15) is 14.4 Å². The molecule has 0 fully saturated rings. The lowest BCUT2D eigenvalue weighted by Crippen LogP contribution is -2.36. The number of nitrogens with one attached hydrogen (secondary N) is 3. The van der Waals surface area contributed by atoms with Gasteiger partial charge < -0.3 is 10.6 Å². The number of aromatic nitrogens is 1. The average Bonchev–Trinajstić information content (AvgIpc) is 3.16. The van der Waals surface area contributed by atoms with E-state index in [1.54, 1.807) is 49.4 Å². The molecule has 3 amide bonds. The van der Waals surface area contributed by atoms with E-state index >= 15 is 0 Å². The highest BCUT2D eigenvalue weighted by Crippen LogP contribution is 2.26. The molecule has 4 rings (SSSR count). The molecule has 0 atom stereocenters. The van der Waals surface area contributed by atoms with Gasteiger partial charge in [0.1, 0.15) is 5.69 Å². The maximum absolute atomic E-state index is 13.2. The summed E-state index contributed by atoms with van der Waals surface area (Å²) in [4.78, 5) is 38.6. The van der Waals surface area contributed by atoms with Gasteiger partial charge in [-0.05, 0) is 79.6 Å². The molecule has 1 heterocycles. The second-order valence-corrected chi connectivity index (χ2v) is 9.97. The Bertz CT molecular complexity index is 1500. The molecule has 0 spiro atoms. The summed E-state index contributed by atoms with van der Waals surface area (Å²) in [5.74, 6) is -2.30. The molecule has 0 aliphatic carbocycles. The highest BCUT2D eigenvalue weighted by molar-refractivity contribution is 9.10. The number of anilines is 2. The monoisotopic (exact) mass is 616 g/mol. The van der Waals surface area contributed by atoms with Gasteiger partial charge in [0.05, 0.1) is 5.52 Å². The van der Waals surface area contributed by atoms with Crippen molar-refractivity contribution in [3.8, 4) is 0 Å². The standard InChI is InChI=1S/C25H19Br2ClN4O3/c1-13-10-17(7-8-18(13)27)29-23(33)22-12-15-11-16(26)6-9-21(15)32(22)31-25(35)24(34)30-20-5-3-4-19(28)14(20)2/h3-12H,1-2H3,(H,29,33)(H,30,34)(H,31,35). The van der Waals surface area contributed by atoms with Gasteiger partial charge in [0.2, 0.25) is 0 Å². The van der Waals surface area contributed by atoms with Crippen molar-refractivity contribution in [1.29, 1.82) is 0 Å². The van der Waals surface area contributed by atoms with Crippen LogP contribution in [0.1, 0.15) is 21.6 Å². The number of hydrogen-bond acceptors (Lipinski definition) is 3. The fourth-order valence-electron chi connectivity index (χ4n) is 3.47. The van der Waals surface area contributed by atoms with Crippen molar-refractivity contribution < 1.29 is 14.4 Å². The van der Waals surface area contributed by atoms with Crippen LogP contribution >= 0.6 is 43.5 Å². The minimum absolute atomic E-state index is 0.152. The van der Waals surface area contributed by atoms with E-state index in [0.29, 0.717) is 32.9 Å². The first-order chi connectivity index (χ1) is 16.6. The molecule has 7 nitrogen and oxygen atoms in total. The predicted molar refractivity (Wildman–Crippen MR) is 146 cm³/mol. The smallest absolute Gasteiger partial charge is 0.321 e. The minimum Gasteiger partial charge on any atom is -0.321 e. The van der Waals surface area contributed by atoms with Gasteiger partial charge in [0, 0.05) is 30.7 Å². The Morgan fingerprint density at radius 3 is 2.40 bits per heavy atom. The fraction of sp³-hybridized carbons (Fsp3) is 0.0800. The Kier molecular flexibility index (Phi) is 7.30. The molecule has 0 aliphatic rings. The van der Waals surface area contributed by atoms with Crippen LogP contribution in [0.15, 0.2) is 69.6 Å². The number of aryl methyl sites for hydroxylation is 1. The Morgan fingerprint density at radius 2 is 1.66 bits per heavy atom. The molecule has 0 aliphatic heterocycles. The van der Waals surface area contributed by atoms with Crippen LogP contribution in [0.5, 0.6) is 0 Å². The van der Waals surface area contributed by atoms with Crippen LogP contribution in [0.3, 0.4) is 0 Å². The maximum Gasteiger partial charge on any atom is 0.328 e. The molecule has 1 aromatic heterocycles. The van der Waals surface area contributed by atoms with Gasteiger partial charge in [-0.1, -0.05) is 49.5 Å². The molecule has 0 radical (unpaired) electrons. The van der Waals surface area contributed by atoms with Crippen molar-refractivity contribution in [3.05, 3.63) is 91.5 Å². The zero-order chi connectivity index (χ0) is 25.3. The Balaban J connectivity index is 1.64. The van der Waals surface area contributed by atoms with Crippen LogP contribution < -0.4 is 16.1 Å². The number of benzene rings is 3. The van der Waals surface area contributed by atoms with Gasteiger partial charge in [-0.3, -0.25) is 19.8 Å². The van der Waals surface area contributed by atoms with E-state index in [2.05, 4.69) is 47.9 Å². The first-order valence-corrected chi connectivity index (χ1v) is 12.4. The largest absolute Gasteiger partial charge is 0.328 e. The van der Waals surface area contributed by atoms with E-state index in [-0.39, 0.29) is 5.69 Å². The topological polar surface area (TPSA) is 92.2 Å². The quantitative estimate of drug-likeness (QED) is 0.231. The molecule has 10 heteroatoms. The number of nitrogens with zero attached hydrogens (tertiary/aromatic N) is 1. The van der Waals surface area contributed by atoms with Crippen molar-refractivity contribution in [2.75, 3.05) is 16.1 Å². The molecular formula is C25H19Br2ClN4O3. The molecule has 178 valence electrons. The third-order valence-corrected chi connectivity index (χ3v) is 7.14. The van der Waals surface area contributed by atoms with Crippen LogP contribution in [0.25, 0.3) is 10.9 Å². The lowest BCUT2D eigenvalue weighted by atomic mass is 10.2.